The van der Waals surface area contributed by atoms with E-state index in [0.717, 1.165) is 70.0 Å². The Morgan fingerprint density at radius 1 is 0.737 bits per heavy atom. The number of hydrogen-bond acceptors (Lipinski definition) is 3. The fraction of sp³-hybridized carbons (Fsp3) is 0.571. The maximum absolute atomic E-state index is 12.1. The summed E-state index contributed by atoms with van der Waals surface area (Å²) in [5.41, 5.74) is 6.11. The summed E-state index contributed by atoms with van der Waals surface area (Å²) in [6, 6.07) is 8.73. The lowest BCUT2D eigenvalue weighted by Crippen LogP contribution is -2.35. The van der Waals surface area contributed by atoms with E-state index in [0.29, 0.717) is 17.2 Å². The lowest BCUT2D eigenvalue weighted by Gasteiger charge is -2.40. The topological polar surface area (TPSA) is 35.5 Å². The Hall–Kier alpha value is -2.55. The molecule has 0 spiro atoms. The largest absolute Gasteiger partial charge is 0.457 e. The minimum atomic E-state index is -0.397. The van der Waals surface area contributed by atoms with E-state index in [-0.39, 0.29) is 0 Å². The van der Waals surface area contributed by atoms with Crippen LogP contribution >= 0.6 is 0 Å². The quantitative estimate of drug-likeness (QED) is 0.175. The van der Waals surface area contributed by atoms with Crippen molar-refractivity contribution in [3.8, 4) is 17.2 Å². The van der Waals surface area contributed by atoms with E-state index >= 15 is 0 Å². The Bertz CT molecular complexity index is 1260. The maximum Gasteiger partial charge on any atom is 0.338 e. The van der Waals surface area contributed by atoms with Gasteiger partial charge in [0.1, 0.15) is 17.2 Å². The number of ether oxygens (including phenoxy) is 2. The Labute approximate surface area is 228 Å². The number of fused-ring (bicyclic) bond motifs is 12. The van der Waals surface area contributed by atoms with Crippen LogP contribution in [0.25, 0.3) is 0 Å². The SMILES string of the molecule is C=C(C)C(=O)Oc1c(C)cc(Oc2c(C)cc(C3CC4C(C3)C3CC4C4C5CCC(C5)C34)cc2C)cc1C. The molecule has 38 heavy (non-hydrogen) atoms. The molecule has 4 bridgehead atoms. The van der Waals surface area contributed by atoms with Crippen LogP contribution in [0.2, 0.25) is 0 Å². The summed E-state index contributed by atoms with van der Waals surface area (Å²) in [4.78, 5) is 12.1. The van der Waals surface area contributed by atoms with Gasteiger partial charge in [-0.1, -0.05) is 18.7 Å². The standard InChI is InChI=1S/C35H42O3/c1-17(2)35(36)38-34-20(5)11-26(12-21(34)6)37-33-18(3)9-24(10-19(33)4)25-14-27-28(15-25)30-16-29(27)31-22-7-8-23(13-22)32(30)31/h9-12,22-23,25,27-32H,1,7-8,13-16H2,2-6H3. The molecule has 2 aromatic carbocycles. The first-order valence-corrected chi connectivity index (χ1v) is 15.0. The number of aryl methyl sites for hydroxylation is 4. The molecule has 2 aromatic rings. The number of carbonyl (C=O) groups is 1. The second kappa shape index (κ2) is 8.73. The van der Waals surface area contributed by atoms with E-state index in [2.05, 4.69) is 32.6 Å². The number of hydrogen-bond donors (Lipinski definition) is 0. The molecule has 0 amide bonds. The van der Waals surface area contributed by atoms with Crippen molar-refractivity contribution in [1.29, 1.82) is 0 Å². The van der Waals surface area contributed by atoms with Gasteiger partial charge in [-0.05, 0) is 166 Å². The van der Waals surface area contributed by atoms with Crippen LogP contribution < -0.4 is 9.47 Å². The summed E-state index contributed by atoms with van der Waals surface area (Å²) >= 11 is 0. The van der Waals surface area contributed by atoms with Gasteiger partial charge in [-0.2, -0.15) is 0 Å². The zero-order valence-electron chi connectivity index (χ0n) is 23.7. The predicted molar refractivity (Wildman–Crippen MR) is 151 cm³/mol. The summed E-state index contributed by atoms with van der Waals surface area (Å²) in [6.45, 7) is 13.6. The summed E-state index contributed by atoms with van der Waals surface area (Å²) < 4.78 is 12.0. The van der Waals surface area contributed by atoms with Gasteiger partial charge in [0.25, 0.3) is 0 Å². The highest BCUT2D eigenvalue weighted by molar-refractivity contribution is 5.89. The van der Waals surface area contributed by atoms with Crippen molar-refractivity contribution < 1.29 is 14.3 Å². The second-order valence-corrected chi connectivity index (χ2v) is 13.7. The summed E-state index contributed by atoms with van der Waals surface area (Å²) in [5.74, 6) is 11.1. The molecule has 5 fully saturated rings. The van der Waals surface area contributed by atoms with Crippen LogP contribution in [-0.4, -0.2) is 5.97 Å². The Morgan fingerprint density at radius 2 is 1.26 bits per heavy atom. The summed E-state index contributed by atoms with van der Waals surface area (Å²) in [5, 5.41) is 0. The van der Waals surface area contributed by atoms with Gasteiger partial charge in [0.15, 0.2) is 0 Å². The number of rotatable bonds is 5. The normalized spacial score (nSPS) is 35.9. The zero-order valence-corrected chi connectivity index (χ0v) is 23.7. The minimum absolute atomic E-state index is 0.393. The molecule has 0 N–H and O–H groups in total. The van der Waals surface area contributed by atoms with Crippen LogP contribution in [-0.2, 0) is 4.79 Å². The van der Waals surface area contributed by atoms with Gasteiger partial charge in [0.05, 0.1) is 0 Å². The average molecular weight is 511 g/mol. The van der Waals surface area contributed by atoms with Crippen molar-refractivity contribution in [2.75, 3.05) is 0 Å². The number of carbonyl (C=O) groups excluding carboxylic acids is 1. The van der Waals surface area contributed by atoms with Crippen LogP contribution in [0, 0.1) is 75.0 Å². The third-order valence-electron chi connectivity index (χ3n) is 11.5. The van der Waals surface area contributed by atoms with Crippen molar-refractivity contribution >= 4 is 5.97 Å². The predicted octanol–water partition coefficient (Wildman–Crippen LogP) is 8.62. The Kier molecular flexibility index (Phi) is 5.63. The molecule has 5 aliphatic carbocycles. The summed E-state index contributed by atoms with van der Waals surface area (Å²) in [6.07, 6.45) is 9.04. The second-order valence-electron chi connectivity index (χ2n) is 13.7. The first-order chi connectivity index (χ1) is 18.2. The van der Waals surface area contributed by atoms with Crippen molar-refractivity contribution in [2.24, 2.45) is 47.3 Å². The fourth-order valence-corrected chi connectivity index (χ4v) is 10.4. The van der Waals surface area contributed by atoms with Gasteiger partial charge in [-0.25, -0.2) is 4.79 Å². The summed E-state index contributed by atoms with van der Waals surface area (Å²) in [7, 11) is 0. The van der Waals surface area contributed by atoms with Crippen molar-refractivity contribution in [1.82, 2.24) is 0 Å². The molecule has 0 aliphatic heterocycles. The van der Waals surface area contributed by atoms with E-state index < -0.39 is 5.97 Å². The van der Waals surface area contributed by atoms with Crippen LogP contribution in [0.5, 0.6) is 17.2 Å². The molecule has 5 aliphatic rings. The maximum atomic E-state index is 12.1. The van der Waals surface area contributed by atoms with Crippen LogP contribution in [0.1, 0.15) is 79.2 Å². The third-order valence-corrected chi connectivity index (χ3v) is 11.5. The van der Waals surface area contributed by atoms with Gasteiger partial charge < -0.3 is 9.47 Å². The smallest absolute Gasteiger partial charge is 0.338 e. The van der Waals surface area contributed by atoms with Gasteiger partial charge in [0.2, 0.25) is 0 Å². The van der Waals surface area contributed by atoms with Gasteiger partial charge in [0, 0.05) is 5.57 Å². The monoisotopic (exact) mass is 510 g/mol. The van der Waals surface area contributed by atoms with Gasteiger partial charge in [-0.3, -0.25) is 0 Å². The molecule has 0 heterocycles. The molecular formula is C35H42O3. The molecule has 0 aromatic heterocycles. The molecule has 8 atom stereocenters. The van der Waals surface area contributed by atoms with Crippen LogP contribution in [0.15, 0.2) is 36.4 Å². The van der Waals surface area contributed by atoms with Crippen LogP contribution in [0.4, 0.5) is 0 Å². The highest BCUT2D eigenvalue weighted by Gasteiger charge is 2.66. The molecule has 200 valence electrons. The van der Waals surface area contributed by atoms with Gasteiger partial charge in [-0.15, -0.1) is 0 Å². The third kappa shape index (κ3) is 3.63. The zero-order chi connectivity index (χ0) is 26.5. The van der Waals surface area contributed by atoms with E-state index in [1.807, 2.05) is 26.0 Å². The molecule has 5 saturated carbocycles. The number of benzene rings is 2. The minimum Gasteiger partial charge on any atom is -0.457 e. The molecule has 0 saturated heterocycles. The van der Waals surface area contributed by atoms with Crippen molar-refractivity contribution in [2.45, 2.75) is 79.1 Å². The van der Waals surface area contributed by atoms with Gasteiger partial charge >= 0.3 is 5.97 Å². The molecular weight excluding hydrogens is 468 g/mol. The fourth-order valence-electron chi connectivity index (χ4n) is 10.4. The van der Waals surface area contributed by atoms with Crippen molar-refractivity contribution in [3.63, 3.8) is 0 Å². The molecule has 3 heteroatoms. The molecule has 8 unspecified atom stereocenters. The Morgan fingerprint density at radius 3 is 1.79 bits per heavy atom. The highest BCUT2D eigenvalue weighted by Crippen LogP contribution is 2.73. The van der Waals surface area contributed by atoms with Crippen LogP contribution in [0.3, 0.4) is 0 Å². The first kappa shape index (κ1) is 24.5. The molecule has 3 nitrogen and oxygen atoms in total. The van der Waals surface area contributed by atoms with E-state index in [1.54, 1.807) is 19.8 Å². The van der Waals surface area contributed by atoms with E-state index in [4.69, 9.17) is 9.47 Å². The lowest BCUT2D eigenvalue weighted by atomic mass is 9.64. The lowest BCUT2D eigenvalue weighted by molar-refractivity contribution is -0.130. The van der Waals surface area contributed by atoms with E-state index in [1.165, 1.54) is 42.4 Å². The molecule has 7 rings (SSSR count). The average Bonchev–Trinajstić information content (AvgIpc) is 3.66. The molecule has 0 radical (unpaired) electrons. The van der Waals surface area contributed by atoms with E-state index in [9.17, 15) is 4.79 Å². The Balaban J connectivity index is 1.09. The van der Waals surface area contributed by atoms with Crippen molar-refractivity contribution in [3.05, 3.63) is 64.2 Å². The first-order valence-electron chi connectivity index (χ1n) is 15.0. The highest BCUT2D eigenvalue weighted by atomic mass is 16.5. The number of esters is 1.